The van der Waals surface area contributed by atoms with Crippen molar-refractivity contribution in [2.75, 3.05) is 30.8 Å². The number of thiophene rings is 1. The second-order valence-corrected chi connectivity index (χ2v) is 8.18. The van der Waals surface area contributed by atoms with Crippen LogP contribution >= 0.6 is 23.1 Å². The molecular formula is C18H26N4OS2. The van der Waals surface area contributed by atoms with Gasteiger partial charge in [0.15, 0.2) is 5.16 Å². The fraction of sp³-hybridized carbons (Fsp3) is 0.611. The Labute approximate surface area is 157 Å². The van der Waals surface area contributed by atoms with Gasteiger partial charge in [-0.25, -0.2) is 9.97 Å². The largest absolute Gasteiger partial charge is 0.356 e. The summed E-state index contributed by atoms with van der Waals surface area (Å²) >= 11 is 3.03. The monoisotopic (exact) mass is 378 g/mol. The van der Waals surface area contributed by atoms with Crippen LogP contribution in [0.25, 0.3) is 10.2 Å². The molecule has 1 N–H and O–H groups in total. The predicted octanol–water partition coefficient (Wildman–Crippen LogP) is 4.32. The minimum atomic E-state index is 0.00870. The van der Waals surface area contributed by atoms with Crippen molar-refractivity contribution < 1.29 is 4.79 Å². The number of anilines is 1. The van der Waals surface area contributed by atoms with E-state index in [1.54, 1.807) is 11.8 Å². The summed E-state index contributed by atoms with van der Waals surface area (Å²) < 4.78 is 0. The van der Waals surface area contributed by atoms with Crippen molar-refractivity contribution in [1.29, 1.82) is 0 Å². The van der Waals surface area contributed by atoms with Crippen molar-refractivity contribution in [2.24, 2.45) is 0 Å². The van der Waals surface area contributed by atoms with Crippen LogP contribution in [0.1, 0.15) is 55.1 Å². The zero-order chi connectivity index (χ0) is 17.6. The molecule has 1 saturated heterocycles. The van der Waals surface area contributed by atoms with Crippen LogP contribution in [0, 0.1) is 0 Å². The minimum Gasteiger partial charge on any atom is -0.356 e. The van der Waals surface area contributed by atoms with Crippen molar-refractivity contribution in [3.8, 4) is 0 Å². The first-order valence-corrected chi connectivity index (χ1v) is 11.2. The highest BCUT2D eigenvalue weighted by Gasteiger charge is 2.20. The number of unbranched alkanes of at least 4 members (excludes halogenated alkanes) is 2. The Bertz CT molecular complexity index is 725. The summed E-state index contributed by atoms with van der Waals surface area (Å²) in [5.74, 6) is 1.00. The molecule has 0 aliphatic carbocycles. The lowest BCUT2D eigenvalue weighted by Gasteiger charge is -2.28. The molecule has 1 aliphatic rings. The van der Waals surface area contributed by atoms with E-state index in [1.807, 2.05) is 12.3 Å². The van der Waals surface area contributed by atoms with Gasteiger partial charge in [0.2, 0.25) is 0 Å². The Morgan fingerprint density at radius 3 is 2.80 bits per heavy atom. The molecular weight excluding hydrogens is 352 g/mol. The fourth-order valence-corrected chi connectivity index (χ4v) is 4.46. The van der Waals surface area contributed by atoms with E-state index < -0.39 is 0 Å². The summed E-state index contributed by atoms with van der Waals surface area (Å²) in [6, 6.07) is 1.98. The summed E-state index contributed by atoms with van der Waals surface area (Å²) in [6.07, 6.45) is 9.03. The summed E-state index contributed by atoms with van der Waals surface area (Å²) in [6.45, 7) is 4.97. The number of fused-ring (bicyclic) bond motifs is 1. The number of nitrogens with one attached hydrogen (secondary N) is 1. The number of rotatable bonds is 7. The summed E-state index contributed by atoms with van der Waals surface area (Å²) in [4.78, 5) is 25.8. The van der Waals surface area contributed by atoms with Gasteiger partial charge < -0.3 is 10.2 Å². The lowest BCUT2D eigenvalue weighted by Crippen LogP contribution is -2.30. The van der Waals surface area contributed by atoms with Crippen LogP contribution in [0.5, 0.6) is 0 Å². The zero-order valence-corrected chi connectivity index (χ0v) is 16.6. The highest BCUT2D eigenvalue weighted by molar-refractivity contribution is 7.98. The number of carbonyl (C=O) groups excluding carboxylic acids is 1. The predicted molar refractivity (Wildman–Crippen MR) is 107 cm³/mol. The lowest BCUT2D eigenvalue weighted by atomic mass is 10.1. The van der Waals surface area contributed by atoms with Crippen LogP contribution in [-0.4, -0.2) is 41.8 Å². The van der Waals surface area contributed by atoms with Crippen LogP contribution in [0.2, 0.25) is 0 Å². The molecule has 136 valence electrons. The average Bonchev–Trinajstić information content (AvgIpc) is 3.09. The number of nitrogens with zero attached hydrogens (tertiary/aromatic N) is 3. The van der Waals surface area contributed by atoms with Crippen molar-refractivity contribution in [3.63, 3.8) is 0 Å². The van der Waals surface area contributed by atoms with E-state index in [2.05, 4.69) is 22.1 Å². The van der Waals surface area contributed by atoms with E-state index >= 15 is 0 Å². The third-order valence-electron chi connectivity index (χ3n) is 4.48. The molecule has 2 aromatic rings. The first-order chi connectivity index (χ1) is 12.2. The maximum atomic E-state index is 12.5. The average molecular weight is 379 g/mol. The van der Waals surface area contributed by atoms with E-state index in [4.69, 9.17) is 4.98 Å². The second-order valence-electron chi connectivity index (χ2n) is 6.37. The highest BCUT2D eigenvalue weighted by Crippen LogP contribution is 2.33. The molecule has 5 nitrogen and oxygen atoms in total. The maximum Gasteiger partial charge on any atom is 0.261 e. The van der Waals surface area contributed by atoms with Crippen LogP contribution in [0.15, 0.2) is 11.2 Å². The Morgan fingerprint density at radius 1 is 1.28 bits per heavy atom. The Hall–Kier alpha value is -1.34. The molecule has 7 heteroatoms. The summed E-state index contributed by atoms with van der Waals surface area (Å²) in [5, 5.41) is 4.83. The number of piperidine rings is 1. The maximum absolute atomic E-state index is 12.5. The standard InChI is InChI=1S/C18H26N4OS2/c1-3-4-6-9-19-16(23)14-12-13-15(22-10-7-5-8-11-22)20-18(24-2)21-17(13)25-14/h12H,3-11H2,1-2H3,(H,19,23). The quantitative estimate of drug-likeness (QED) is 0.442. The van der Waals surface area contributed by atoms with Gasteiger partial charge >= 0.3 is 0 Å². The molecule has 1 amide bonds. The lowest BCUT2D eigenvalue weighted by molar-refractivity contribution is 0.0957. The molecule has 3 heterocycles. The van der Waals surface area contributed by atoms with Crippen molar-refractivity contribution in [3.05, 3.63) is 10.9 Å². The van der Waals surface area contributed by atoms with Crippen LogP contribution < -0.4 is 10.2 Å². The van der Waals surface area contributed by atoms with E-state index in [0.29, 0.717) is 0 Å². The van der Waals surface area contributed by atoms with Gasteiger partial charge in [-0.15, -0.1) is 11.3 Å². The van der Waals surface area contributed by atoms with Gasteiger partial charge in [-0.3, -0.25) is 4.79 Å². The third kappa shape index (κ3) is 4.44. The van der Waals surface area contributed by atoms with E-state index in [1.165, 1.54) is 30.6 Å². The van der Waals surface area contributed by atoms with Crippen molar-refractivity contribution in [1.82, 2.24) is 15.3 Å². The summed E-state index contributed by atoms with van der Waals surface area (Å²) in [5.41, 5.74) is 0. The fourth-order valence-electron chi connectivity index (χ4n) is 3.10. The smallest absolute Gasteiger partial charge is 0.261 e. The normalized spacial score (nSPS) is 14.9. The van der Waals surface area contributed by atoms with Crippen molar-refractivity contribution in [2.45, 2.75) is 50.6 Å². The molecule has 3 rings (SSSR count). The number of hydrogen-bond acceptors (Lipinski definition) is 6. The highest BCUT2D eigenvalue weighted by atomic mass is 32.2. The van der Waals surface area contributed by atoms with Gasteiger partial charge in [-0.2, -0.15) is 0 Å². The summed E-state index contributed by atoms with van der Waals surface area (Å²) in [7, 11) is 0. The van der Waals surface area contributed by atoms with Crippen molar-refractivity contribution >= 4 is 45.0 Å². The number of thioether (sulfide) groups is 1. The topological polar surface area (TPSA) is 58.1 Å². The van der Waals surface area contributed by atoms with Gasteiger partial charge in [0.1, 0.15) is 10.6 Å². The number of amides is 1. The molecule has 2 aromatic heterocycles. The van der Waals surface area contributed by atoms with E-state index in [0.717, 1.165) is 65.0 Å². The van der Waals surface area contributed by atoms with Gasteiger partial charge in [-0.1, -0.05) is 31.5 Å². The van der Waals surface area contributed by atoms with Gasteiger partial charge in [0.05, 0.1) is 10.3 Å². The zero-order valence-electron chi connectivity index (χ0n) is 15.0. The van der Waals surface area contributed by atoms with E-state index in [9.17, 15) is 4.79 Å². The molecule has 0 radical (unpaired) electrons. The molecule has 25 heavy (non-hydrogen) atoms. The first kappa shape index (κ1) is 18.5. The van der Waals surface area contributed by atoms with E-state index in [-0.39, 0.29) is 5.91 Å². The first-order valence-electron chi connectivity index (χ1n) is 9.11. The van der Waals surface area contributed by atoms with Gasteiger partial charge in [-0.05, 0) is 38.0 Å². The molecule has 0 aromatic carbocycles. The SMILES string of the molecule is CCCCCNC(=O)c1cc2c(N3CCCCC3)nc(SC)nc2s1. The molecule has 1 fully saturated rings. The third-order valence-corrected chi connectivity index (χ3v) is 6.06. The molecule has 0 spiro atoms. The molecule has 1 aliphatic heterocycles. The minimum absolute atomic E-state index is 0.00870. The Morgan fingerprint density at radius 2 is 2.08 bits per heavy atom. The Balaban J connectivity index is 1.86. The number of hydrogen-bond donors (Lipinski definition) is 1. The molecule has 0 atom stereocenters. The Kier molecular flexibility index (Phi) is 6.53. The van der Waals surface area contributed by atoms with Gasteiger partial charge in [0.25, 0.3) is 5.91 Å². The number of aromatic nitrogens is 2. The molecule has 0 unspecified atom stereocenters. The van der Waals surface area contributed by atoms with Gasteiger partial charge in [0, 0.05) is 19.6 Å². The molecule has 0 bridgehead atoms. The van der Waals surface area contributed by atoms with Crippen LogP contribution in [0.4, 0.5) is 5.82 Å². The number of carbonyl (C=O) groups is 1. The molecule has 0 saturated carbocycles. The van der Waals surface area contributed by atoms with Crippen LogP contribution in [0.3, 0.4) is 0 Å². The van der Waals surface area contributed by atoms with Crippen LogP contribution in [-0.2, 0) is 0 Å². The second kappa shape index (κ2) is 8.85.